The standard InChI is InChI=1S/C17H30N2O2/c1-4-19(5-2)12-11-18-15-16-7-9-17(10-8-16)21-14-13-20-6-3/h7-10,18H,4-6,11-15H2,1-3H3. The minimum absolute atomic E-state index is 0.606. The van der Waals surface area contributed by atoms with Crippen molar-refractivity contribution < 1.29 is 9.47 Å². The molecule has 4 heteroatoms. The van der Waals surface area contributed by atoms with Crippen molar-refractivity contribution in [1.82, 2.24) is 10.2 Å². The fourth-order valence-corrected chi connectivity index (χ4v) is 2.08. The van der Waals surface area contributed by atoms with E-state index in [9.17, 15) is 0 Å². The van der Waals surface area contributed by atoms with Gasteiger partial charge in [0.05, 0.1) is 6.61 Å². The lowest BCUT2D eigenvalue weighted by Gasteiger charge is -2.18. The average Bonchev–Trinajstić information content (AvgIpc) is 2.53. The Labute approximate surface area is 129 Å². The van der Waals surface area contributed by atoms with E-state index in [0.717, 1.165) is 45.1 Å². The van der Waals surface area contributed by atoms with Crippen molar-refractivity contribution >= 4 is 0 Å². The van der Waals surface area contributed by atoms with Crippen molar-refractivity contribution in [2.24, 2.45) is 0 Å². The molecule has 0 aliphatic heterocycles. The summed E-state index contributed by atoms with van der Waals surface area (Å²) in [5, 5.41) is 3.48. The van der Waals surface area contributed by atoms with Crippen LogP contribution in [0.1, 0.15) is 26.3 Å². The predicted molar refractivity (Wildman–Crippen MR) is 87.9 cm³/mol. The Morgan fingerprint density at radius 3 is 2.33 bits per heavy atom. The van der Waals surface area contributed by atoms with Crippen LogP contribution in [-0.2, 0) is 11.3 Å². The number of rotatable bonds is 12. The van der Waals surface area contributed by atoms with E-state index in [-0.39, 0.29) is 0 Å². The molecule has 120 valence electrons. The van der Waals surface area contributed by atoms with Gasteiger partial charge in [-0.2, -0.15) is 0 Å². The molecule has 0 unspecified atom stereocenters. The van der Waals surface area contributed by atoms with Crippen LogP contribution in [0, 0.1) is 0 Å². The van der Waals surface area contributed by atoms with E-state index in [1.165, 1.54) is 5.56 Å². The Hall–Kier alpha value is -1.10. The van der Waals surface area contributed by atoms with Crippen molar-refractivity contribution in [3.63, 3.8) is 0 Å². The molecule has 0 aliphatic rings. The number of hydrogen-bond acceptors (Lipinski definition) is 4. The maximum Gasteiger partial charge on any atom is 0.119 e. The number of ether oxygens (including phenoxy) is 2. The molecule has 0 atom stereocenters. The highest BCUT2D eigenvalue weighted by Gasteiger charge is 1.99. The SMILES string of the molecule is CCOCCOc1ccc(CNCCN(CC)CC)cc1. The minimum atomic E-state index is 0.606. The first kappa shape index (κ1) is 18.0. The molecule has 21 heavy (non-hydrogen) atoms. The maximum absolute atomic E-state index is 5.60. The van der Waals surface area contributed by atoms with E-state index >= 15 is 0 Å². The quantitative estimate of drug-likeness (QED) is 0.601. The van der Waals surface area contributed by atoms with E-state index in [1.54, 1.807) is 0 Å². The Balaban J connectivity index is 2.18. The molecule has 1 N–H and O–H groups in total. The zero-order valence-corrected chi connectivity index (χ0v) is 13.7. The van der Waals surface area contributed by atoms with Crippen LogP contribution in [0.4, 0.5) is 0 Å². The molecule has 0 heterocycles. The van der Waals surface area contributed by atoms with E-state index < -0.39 is 0 Å². The summed E-state index contributed by atoms with van der Waals surface area (Å²) >= 11 is 0. The number of likely N-dealkylation sites (N-methyl/N-ethyl adjacent to an activating group) is 1. The zero-order valence-electron chi connectivity index (χ0n) is 13.7. The Morgan fingerprint density at radius 2 is 1.71 bits per heavy atom. The fraction of sp³-hybridized carbons (Fsp3) is 0.647. The monoisotopic (exact) mass is 294 g/mol. The van der Waals surface area contributed by atoms with Crippen molar-refractivity contribution in [1.29, 1.82) is 0 Å². The molecule has 1 rings (SSSR count). The highest BCUT2D eigenvalue weighted by atomic mass is 16.5. The lowest BCUT2D eigenvalue weighted by Crippen LogP contribution is -2.31. The zero-order chi connectivity index (χ0) is 15.3. The van der Waals surface area contributed by atoms with Crippen molar-refractivity contribution in [3.8, 4) is 5.75 Å². The van der Waals surface area contributed by atoms with E-state index in [0.29, 0.717) is 13.2 Å². The van der Waals surface area contributed by atoms with Crippen LogP contribution in [0.25, 0.3) is 0 Å². The maximum atomic E-state index is 5.60. The van der Waals surface area contributed by atoms with Crippen LogP contribution >= 0.6 is 0 Å². The van der Waals surface area contributed by atoms with Crippen molar-refractivity contribution in [2.75, 3.05) is 46.0 Å². The molecule has 0 fully saturated rings. The molecular formula is C17H30N2O2. The fourth-order valence-electron chi connectivity index (χ4n) is 2.08. The Morgan fingerprint density at radius 1 is 1.00 bits per heavy atom. The first-order valence-corrected chi connectivity index (χ1v) is 8.02. The van der Waals surface area contributed by atoms with Gasteiger partial charge >= 0.3 is 0 Å². The van der Waals surface area contributed by atoms with Crippen LogP contribution in [0.15, 0.2) is 24.3 Å². The molecule has 1 aromatic rings. The molecule has 0 amide bonds. The van der Waals surface area contributed by atoms with Crippen LogP contribution in [0.3, 0.4) is 0 Å². The summed E-state index contributed by atoms with van der Waals surface area (Å²) in [5.41, 5.74) is 1.28. The highest BCUT2D eigenvalue weighted by Crippen LogP contribution is 2.11. The predicted octanol–water partition coefficient (Wildman–Crippen LogP) is 2.53. The summed E-state index contributed by atoms with van der Waals surface area (Å²) in [6, 6.07) is 8.27. The van der Waals surface area contributed by atoms with Gasteiger partial charge in [-0.15, -0.1) is 0 Å². The Kier molecular flexibility index (Phi) is 9.87. The number of nitrogens with zero attached hydrogens (tertiary/aromatic N) is 1. The minimum Gasteiger partial charge on any atom is -0.491 e. The van der Waals surface area contributed by atoms with Gasteiger partial charge in [0.25, 0.3) is 0 Å². The largest absolute Gasteiger partial charge is 0.491 e. The van der Waals surface area contributed by atoms with Gasteiger partial charge in [0, 0.05) is 26.2 Å². The summed E-state index contributed by atoms with van der Waals surface area (Å²) in [6.07, 6.45) is 0. The molecule has 0 bridgehead atoms. The van der Waals surface area contributed by atoms with Gasteiger partial charge in [-0.05, 0) is 37.7 Å². The molecule has 0 radical (unpaired) electrons. The summed E-state index contributed by atoms with van der Waals surface area (Å²) < 4.78 is 10.8. The highest BCUT2D eigenvalue weighted by molar-refractivity contribution is 5.27. The van der Waals surface area contributed by atoms with Gasteiger partial charge < -0.3 is 19.7 Å². The smallest absolute Gasteiger partial charge is 0.119 e. The van der Waals surface area contributed by atoms with Crippen molar-refractivity contribution in [3.05, 3.63) is 29.8 Å². The van der Waals surface area contributed by atoms with Gasteiger partial charge in [0.2, 0.25) is 0 Å². The van der Waals surface area contributed by atoms with Crippen LogP contribution in [-0.4, -0.2) is 50.9 Å². The lowest BCUT2D eigenvalue weighted by atomic mass is 10.2. The topological polar surface area (TPSA) is 33.7 Å². The summed E-state index contributed by atoms with van der Waals surface area (Å²) in [6.45, 7) is 13.6. The first-order valence-electron chi connectivity index (χ1n) is 8.02. The van der Waals surface area contributed by atoms with Gasteiger partial charge in [0.15, 0.2) is 0 Å². The van der Waals surface area contributed by atoms with Crippen molar-refractivity contribution in [2.45, 2.75) is 27.3 Å². The second-order valence-corrected chi connectivity index (χ2v) is 4.89. The molecule has 0 aliphatic carbocycles. The normalized spacial score (nSPS) is 11.0. The summed E-state index contributed by atoms with van der Waals surface area (Å²) in [5.74, 6) is 0.904. The van der Waals surface area contributed by atoms with E-state index in [2.05, 4.69) is 36.2 Å². The second-order valence-electron chi connectivity index (χ2n) is 4.89. The lowest BCUT2D eigenvalue weighted by molar-refractivity contribution is 0.110. The summed E-state index contributed by atoms with van der Waals surface area (Å²) in [7, 11) is 0. The average molecular weight is 294 g/mol. The number of nitrogens with one attached hydrogen (secondary N) is 1. The molecule has 0 spiro atoms. The van der Waals surface area contributed by atoms with Gasteiger partial charge in [-0.1, -0.05) is 26.0 Å². The van der Waals surface area contributed by atoms with Gasteiger partial charge in [-0.25, -0.2) is 0 Å². The Bertz CT molecular complexity index is 350. The molecule has 0 saturated heterocycles. The summed E-state index contributed by atoms with van der Waals surface area (Å²) in [4.78, 5) is 2.42. The molecular weight excluding hydrogens is 264 g/mol. The van der Waals surface area contributed by atoms with Crippen LogP contribution in [0.5, 0.6) is 5.75 Å². The van der Waals surface area contributed by atoms with Gasteiger partial charge in [-0.3, -0.25) is 0 Å². The molecule has 1 aromatic carbocycles. The third-order valence-corrected chi connectivity index (χ3v) is 3.45. The number of hydrogen-bond donors (Lipinski definition) is 1. The number of benzene rings is 1. The third kappa shape index (κ3) is 8.05. The first-order chi connectivity index (χ1) is 10.3. The van der Waals surface area contributed by atoms with E-state index in [1.807, 2.05) is 19.1 Å². The molecule has 0 aromatic heterocycles. The van der Waals surface area contributed by atoms with Gasteiger partial charge in [0.1, 0.15) is 12.4 Å². The molecule has 0 saturated carbocycles. The van der Waals surface area contributed by atoms with E-state index in [4.69, 9.17) is 9.47 Å². The van der Waals surface area contributed by atoms with Crippen LogP contribution in [0.2, 0.25) is 0 Å². The third-order valence-electron chi connectivity index (χ3n) is 3.45. The molecule has 4 nitrogen and oxygen atoms in total. The second kappa shape index (κ2) is 11.5. The van der Waals surface area contributed by atoms with Crippen LogP contribution < -0.4 is 10.1 Å².